The Labute approximate surface area is 118 Å². The van der Waals surface area contributed by atoms with E-state index < -0.39 is 6.16 Å². The van der Waals surface area contributed by atoms with Gasteiger partial charge in [-0.15, -0.1) is 0 Å². The van der Waals surface area contributed by atoms with Crippen molar-refractivity contribution in [2.24, 2.45) is 0 Å². The van der Waals surface area contributed by atoms with Gasteiger partial charge >= 0.3 is 12.1 Å². The molecule has 0 aliphatic heterocycles. The molecule has 1 rings (SSSR count). The highest BCUT2D eigenvalue weighted by atomic mass is 16.7. The van der Waals surface area contributed by atoms with Crippen LogP contribution in [-0.4, -0.2) is 30.9 Å². The smallest absolute Gasteiger partial charge is 0.465 e. The number of methoxy groups -OCH3 is 1. The van der Waals surface area contributed by atoms with E-state index in [2.05, 4.69) is 4.74 Å². The summed E-state index contributed by atoms with van der Waals surface area (Å²) in [6, 6.07) is 7.42. The lowest BCUT2D eigenvalue weighted by Gasteiger charge is -2.07. The van der Waals surface area contributed by atoms with Crippen LogP contribution in [0.4, 0.5) is 4.79 Å². The number of esters is 1. The van der Waals surface area contributed by atoms with E-state index in [1.165, 1.54) is 7.11 Å². The zero-order valence-corrected chi connectivity index (χ0v) is 11.6. The van der Waals surface area contributed by atoms with Crippen LogP contribution < -0.4 is 0 Å². The van der Waals surface area contributed by atoms with Gasteiger partial charge < -0.3 is 14.6 Å². The second-order valence-corrected chi connectivity index (χ2v) is 4.43. The van der Waals surface area contributed by atoms with Crippen molar-refractivity contribution in [3.63, 3.8) is 0 Å². The van der Waals surface area contributed by atoms with Gasteiger partial charge in [0, 0.05) is 0 Å². The van der Waals surface area contributed by atoms with Crippen molar-refractivity contribution in [1.29, 1.82) is 0 Å². The number of benzene rings is 1. The number of hydrogen-bond acceptors (Lipinski definition) is 4. The highest BCUT2D eigenvalue weighted by molar-refractivity contribution is 5.90. The highest BCUT2D eigenvalue weighted by Gasteiger charge is 2.10. The van der Waals surface area contributed by atoms with Crippen molar-refractivity contribution in [3.05, 3.63) is 35.4 Å². The summed E-state index contributed by atoms with van der Waals surface area (Å²) >= 11 is 0. The Morgan fingerprint density at radius 3 is 2.50 bits per heavy atom. The Balaban J connectivity index is 2.28. The van der Waals surface area contributed by atoms with E-state index in [4.69, 9.17) is 9.84 Å². The molecule has 0 fully saturated rings. The average molecular weight is 280 g/mol. The predicted molar refractivity (Wildman–Crippen MR) is 73.9 cm³/mol. The van der Waals surface area contributed by atoms with Crippen LogP contribution in [0.1, 0.15) is 41.6 Å². The maximum atomic E-state index is 11.6. The third-order valence-electron chi connectivity index (χ3n) is 2.99. The summed E-state index contributed by atoms with van der Waals surface area (Å²) in [5.41, 5.74) is 1.60. The van der Waals surface area contributed by atoms with Gasteiger partial charge in [-0.25, -0.2) is 9.59 Å². The molecule has 0 saturated heterocycles. The Bertz CT molecular complexity index is 442. The summed E-state index contributed by atoms with van der Waals surface area (Å²) in [7, 11) is 1.38. The second-order valence-electron chi connectivity index (χ2n) is 4.43. The fourth-order valence-corrected chi connectivity index (χ4v) is 1.98. The van der Waals surface area contributed by atoms with E-state index in [0.717, 1.165) is 37.7 Å². The quantitative estimate of drug-likeness (QED) is 0.584. The fourth-order valence-electron chi connectivity index (χ4n) is 1.98. The van der Waals surface area contributed by atoms with Crippen LogP contribution in [0.2, 0.25) is 0 Å². The second kappa shape index (κ2) is 8.96. The number of rotatable bonds is 8. The first kappa shape index (κ1) is 16.0. The highest BCUT2D eigenvalue weighted by Crippen LogP contribution is 2.14. The molecule has 0 aromatic heterocycles. The number of ether oxygens (including phenoxy) is 2. The molecule has 0 unspecified atom stereocenters. The lowest BCUT2D eigenvalue weighted by atomic mass is 10.0. The minimum absolute atomic E-state index is 0.244. The van der Waals surface area contributed by atoms with Crippen molar-refractivity contribution in [2.45, 2.75) is 32.1 Å². The Morgan fingerprint density at radius 2 is 1.80 bits per heavy atom. The summed E-state index contributed by atoms with van der Waals surface area (Å²) in [5.74, 6) is -0.310. The third kappa shape index (κ3) is 5.73. The molecule has 0 aliphatic rings. The number of hydrogen-bond donors (Lipinski definition) is 1. The summed E-state index contributed by atoms with van der Waals surface area (Å²) in [4.78, 5) is 21.7. The molecule has 0 spiro atoms. The first-order chi connectivity index (χ1) is 9.65. The number of aryl methyl sites for hydroxylation is 1. The minimum atomic E-state index is -1.22. The monoisotopic (exact) mass is 280 g/mol. The van der Waals surface area contributed by atoms with Gasteiger partial charge in [0.25, 0.3) is 0 Å². The molecule has 1 aromatic carbocycles. The summed E-state index contributed by atoms with van der Waals surface area (Å²) in [6.45, 7) is 0.244. The topological polar surface area (TPSA) is 72.8 Å². The summed E-state index contributed by atoms with van der Waals surface area (Å²) < 4.78 is 9.17. The maximum absolute atomic E-state index is 11.6. The van der Waals surface area contributed by atoms with Crippen LogP contribution in [-0.2, 0) is 15.9 Å². The molecule has 0 heterocycles. The molecule has 5 nitrogen and oxygen atoms in total. The number of unbranched alkanes of at least 4 members (excludes halogenated alkanes) is 3. The Morgan fingerprint density at radius 1 is 1.10 bits per heavy atom. The molecule has 20 heavy (non-hydrogen) atoms. The molecule has 0 aliphatic carbocycles. The lowest BCUT2D eigenvalue weighted by molar-refractivity contribution is 0.0599. The van der Waals surface area contributed by atoms with E-state index in [1.807, 2.05) is 18.2 Å². The van der Waals surface area contributed by atoms with Crippen LogP contribution in [0.15, 0.2) is 24.3 Å². The number of carboxylic acid groups (broad SMARTS) is 1. The standard InChI is InChI=1S/C15H20O5/c1-19-14(16)13-10-6-5-9-12(13)8-4-2-3-7-11-20-15(17)18/h5-6,9-10H,2-4,7-8,11H2,1H3,(H,17,18). The first-order valence-electron chi connectivity index (χ1n) is 6.67. The molecule has 0 atom stereocenters. The lowest BCUT2D eigenvalue weighted by Crippen LogP contribution is -2.05. The molecule has 0 bridgehead atoms. The molecular weight excluding hydrogens is 260 g/mol. The summed E-state index contributed by atoms with van der Waals surface area (Å²) in [5, 5.41) is 8.30. The number of carbonyl (C=O) groups excluding carboxylic acids is 1. The molecular formula is C15H20O5. The van der Waals surface area contributed by atoms with Gasteiger partial charge in [-0.1, -0.05) is 31.0 Å². The van der Waals surface area contributed by atoms with Crippen LogP contribution in [0.25, 0.3) is 0 Å². The minimum Gasteiger partial charge on any atom is -0.465 e. The molecule has 1 aromatic rings. The molecule has 0 amide bonds. The van der Waals surface area contributed by atoms with Gasteiger partial charge in [0.1, 0.15) is 0 Å². The van der Waals surface area contributed by atoms with Gasteiger partial charge in [-0.3, -0.25) is 0 Å². The van der Waals surface area contributed by atoms with E-state index >= 15 is 0 Å². The molecule has 5 heteroatoms. The van der Waals surface area contributed by atoms with Crippen molar-refractivity contribution in [1.82, 2.24) is 0 Å². The van der Waals surface area contributed by atoms with Gasteiger partial charge in [-0.05, 0) is 30.9 Å². The van der Waals surface area contributed by atoms with Gasteiger partial charge in [-0.2, -0.15) is 0 Å². The zero-order chi connectivity index (χ0) is 14.8. The van der Waals surface area contributed by atoms with E-state index in [9.17, 15) is 9.59 Å². The van der Waals surface area contributed by atoms with Crippen molar-refractivity contribution < 1.29 is 24.2 Å². The largest absolute Gasteiger partial charge is 0.505 e. The van der Waals surface area contributed by atoms with Crippen LogP contribution in [0, 0.1) is 0 Å². The normalized spacial score (nSPS) is 10.1. The van der Waals surface area contributed by atoms with Crippen molar-refractivity contribution in [2.75, 3.05) is 13.7 Å². The maximum Gasteiger partial charge on any atom is 0.505 e. The molecule has 0 radical (unpaired) electrons. The molecule has 1 N–H and O–H groups in total. The van der Waals surface area contributed by atoms with Crippen LogP contribution in [0.5, 0.6) is 0 Å². The summed E-state index contributed by atoms with van der Waals surface area (Å²) in [6.07, 6.45) is 3.14. The van der Waals surface area contributed by atoms with Crippen LogP contribution in [0.3, 0.4) is 0 Å². The first-order valence-corrected chi connectivity index (χ1v) is 6.67. The number of carbonyl (C=O) groups is 2. The Kier molecular flexibility index (Phi) is 7.17. The van der Waals surface area contributed by atoms with Crippen molar-refractivity contribution in [3.8, 4) is 0 Å². The van der Waals surface area contributed by atoms with E-state index in [0.29, 0.717) is 5.56 Å². The fraction of sp³-hybridized carbons (Fsp3) is 0.467. The van der Waals surface area contributed by atoms with E-state index in [1.54, 1.807) is 6.07 Å². The van der Waals surface area contributed by atoms with E-state index in [-0.39, 0.29) is 12.6 Å². The Hall–Kier alpha value is -2.04. The molecule has 110 valence electrons. The van der Waals surface area contributed by atoms with Crippen LogP contribution >= 0.6 is 0 Å². The SMILES string of the molecule is COC(=O)c1ccccc1CCCCCCOC(=O)O. The van der Waals surface area contributed by atoms with Gasteiger partial charge in [0.05, 0.1) is 19.3 Å². The van der Waals surface area contributed by atoms with Gasteiger partial charge in [0.2, 0.25) is 0 Å². The molecule has 0 saturated carbocycles. The van der Waals surface area contributed by atoms with Gasteiger partial charge in [0.15, 0.2) is 0 Å². The third-order valence-corrected chi connectivity index (χ3v) is 2.99. The van der Waals surface area contributed by atoms with Crippen molar-refractivity contribution >= 4 is 12.1 Å². The average Bonchev–Trinajstić information content (AvgIpc) is 2.45. The predicted octanol–water partition coefficient (Wildman–Crippen LogP) is 3.27. The zero-order valence-electron chi connectivity index (χ0n) is 11.6.